The van der Waals surface area contributed by atoms with Crippen molar-refractivity contribution in [1.82, 2.24) is 20.0 Å². The molecular formula is C21H26N4O5. The van der Waals surface area contributed by atoms with Gasteiger partial charge in [-0.15, -0.1) is 0 Å². The third-order valence-electron chi connectivity index (χ3n) is 3.95. The third kappa shape index (κ3) is 6.26. The molecular weight excluding hydrogens is 388 g/mol. The highest BCUT2D eigenvalue weighted by atomic mass is 16.5. The summed E-state index contributed by atoms with van der Waals surface area (Å²) in [6.45, 7) is 6.37. The van der Waals surface area contributed by atoms with Gasteiger partial charge in [-0.05, 0) is 39.8 Å². The molecule has 30 heavy (non-hydrogen) atoms. The summed E-state index contributed by atoms with van der Waals surface area (Å²) in [7, 11) is 1.42. The van der Waals surface area contributed by atoms with Crippen molar-refractivity contribution in [2.45, 2.75) is 33.2 Å². The lowest BCUT2D eigenvalue weighted by molar-refractivity contribution is -0.137. The Hall–Kier alpha value is -3.49. The van der Waals surface area contributed by atoms with Gasteiger partial charge in [0, 0.05) is 24.3 Å². The van der Waals surface area contributed by atoms with Gasteiger partial charge in [0.25, 0.3) is 5.91 Å². The number of aryl methyl sites for hydroxylation is 1. The quantitative estimate of drug-likeness (QED) is 0.708. The van der Waals surface area contributed by atoms with Crippen LogP contribution in [-0.4, -0.2) is 58.2 Å². The summed E-state index contributed by atoms with van der Waals surface area (Å²) in [6.07, 6.45) is 0. The van der Waals surface area contributed by atoms with Crippen LogP contribution in [0.3, 0.4) is 0 Å². The van der Waals surface area contributed by atoms with E-state index >= 15 is 0 Å². The standard InChI is InChI=1S/C21H26N4O5/c1-14-11-16(26)19(23-25(14)15-9-7-6-8-10-15)20(29)30-13-18(28)24(5)12-17(27)22-21(2,3)4/h6-11H,12-13H2,1-5H3,(H,22,27). The molecule has 0 aliphatic rings. The Morgan fingerprint density at radius 3 is 2.40 bits per heavy atom. The topological polar surface area (TPSA) is 111 Å². The van der Waals surface area contributed by atoms with Crippen molar-refractivity contribution in [3.63, 3.8) is 0 Å². The van der Waals surface area contributed by atoms with Gasteiger partial charge in [-0.3, -0.25) is 14.4 Å². The number of aromatic nitrogens is 2. The molecule has 0 aliphatic carbocycles. The Morgan fingerprint density at radius 1 is 1.17 bits per heavy atom. The predicted molar refractivity (Wildman–Crippen MR) is 110 cm³/mol. The maximum atomic E-state index is 12.3. The fourth-order valence-corrected chi connectivity index (χ4v) is 2.59. The molecule has 1 aromatic carbocycles. The summed E-state index contributed by atoms with van der Waals surface area (Å²) >= 11 is 0. The van der Waals surface area contributed by atoms with Gasteiger partial charge in [0.15, 0.2) is 6.61 Å². The molecule has 9 heteroatoms. The molecule has 0 bridgehead atoms. The number of amides is 2. The van der Waals surface area contributed by atoms with Crippen molar-refractivity contribution in [1.29, 1.82) is 0 Å². The van der Waals surface area contributed by atoms with E-state index in [9.17, 15) is 19.2 Å². The van der Waals surface area contributed by atoms with Gasteiger partial charge in [0.05, 0.1) is 12.2 Å². The largest absolute Gasteiger partial charge is 0.451 e. The fourth-order valence-electron chi connectivity index (χ4n) is 2.59. The van der Waals surface area contributed by atoms with E-state index in [2.05, 4.69) is 10.4 Å². The van der Waals surface area contributed by atoms with Gasteiger partial charge < -0.3 is 15.0 Å². The van der Waals surface area contributed by atoms with E-state index in [0.29, 0.717) is 11.4 Å². The van der Waals surface area contributed by atoms with Crippen LogP contribution in [0.15, 0.2) is 41.2 Å². The van der Waals surface area contributed by atoms with E-state index in [1.807, 2.05) is 26.8 Å². The molecule has 1 aromatic heterocycles. The lowest BCUT2D eigenvalue weighted by Gasteiger charge is -2.23. The monoisotopic (exact) mass is 414 g/mol. The van der Waals surface area contributed by atoms with Crippen molar-refractivity contribution in [3.05, 3.63) is 58.0 Å². The zero-order chi connectivity index (χ0) is 22.5. The molecule has 0 radical (unpaired) electrons. The molecule has 0 fully saturated rings. The van der Waals surface area contributed by atoms with Crippen LogP contribution in [0.25, 0.3) is 5.69 Å². The van der Waals surface area contributed by atoms with Crippen molar-refractivity contribution in [3.8, 4) is 5.69 Å². The van der Waals surface area contributed by atoms with E-state index in [4.69, 9.17) is 4.74 Å². The second kappa shape index (κ2) is 9.34. The molecule has 1 heterocycles. The number of para-hydroxylation sites is 1. The summed E-state index contributed by atoms with van der Waals surface area (Å²) in [5.41, 5.74) is -0.239. The minimum Gasteiger partial charge on any atom is -0.451 e. The van der Waals surface area contributed by atoms with E-state index in [1.54, 1.807) is 31.2 Å². The van der Waals surface area contributed by atoms with E-state index in [1.165, 1.54) is 17.8 Å². The number of rotatable bonds is 6. The first-order valence-electron chi connectivity index (χ1n) is 9.36. The van der Waals surface area contributed by atoms with E-state index in [0.717, 1.165) is 4.90 Å². The van der Waals surface area contributed by atoms with Crippen molar-refractivity contribution >= 4 is 17.8 Å². The number of likely N-dealkylation sites (N-methyl/N-ethyl adjacent to an activating group) is 1. The predicted octanol–water partition coefficient (Wildman–Crippen LogP) is 1.07. The summed E-state index contributed by atoms with van der Waals surface area (Å²) in [6, 6.07) is 10.3. The normalized spacial score (nSPS) is 11.0. The van der Waals surface area contributed by atoms with Crippen LogP contribution in [0.2, 0.25) is 0 Å². The molecule has 1 N–H and O–H groups in total. The SMILES string of the molecule is Cc1cc(=O)c(C(=O)OCC(=O)N(C)CC(=O)NC(C)(C)C)nn1-c1ccccc1. The molecule has 0 aliphatic heterocycles. The highest BCUT2D eigenvalue weighted by molar-refractivity contribution is 5.90. The first-order valence-corrected chi connectivity index (χ1v) is 9.36. The van der Waals surface area contributed by atoms with Gasteiger partial charge in [-0.1, -0.05) is 18.2 Å². The van der Waals surface area contributed by atoms with Gasteiger partial charge in [-0.25, -0.2) is 9.48 Å². The average molecular weight is 414 g/mol. The van der Waals surface area contributed by atoms with Crippen LogP contribution >= 0.6 is 0 Å². The fraction of sp³-hybridized carbons (Fsp3) is 0.381. The molecule has 2 amide bonds. The van der Waals surface area contributed by atoms with Crippen molar-refractivity contribution in [2.24, 2.45) is 0 Å². The maximum Gasteiger partial charge on any atom is 0.363 e. The summed E-state index contributed by atoms with van der Waals surface area (Å²) in [5, 5.41) is 6.83. The summed E-state index contributed by atoms with van der Waals surface area (Å²) in [5.74, 6) is -1.93. The second-order valence-corrected chi connectivity index (χ2v) is 7.87. The number of nitrogens with zero attached hydrogens (tertiary/aromatic N) is 3. The first kappa shape index (κ1) is 22.8. The highest BCUT2D eigenvalue weighted by Crippen LogP contribution is 2.08. The molecule has 0 saturated carbocycles. The summed E-state index contributed by atoms with van der Waals surface area (Å²) in [4.78, 5) is 49.8. The number of hydrogen-bond donors (Lipinski definition) is 1. The first-order chi connectivity index (χ1) is 14.0. The van der Waals surface area contributed by atoms with Crippen LogP contribution in [0, 0.1) is 6.92 Å². The molecule has 0 spiro atoms. The molecule has 160 valence electrons. The average Bonchev–Trinajstić information content (AvgIpc) is 2.65. The van der Waals surface area contributed by atoms with Crippen LogP contribution < -0.4 is 10.7 Å². The maximum absolute atomic E-state index is 12.3. The van der Waals surface area contributed by atoms with Crippen LogP contribution in [0.5, 0.6) is 0 Å². The van der Waals surface area contributed by atoms with E-state index in [-0.39, 0.29) is 12.5 Å². The molecule has 2 aromatic rings. The highest BCUT2D eigenvalue weighted by Gasteiger charge is 2.21. The Labute approximate surface area is 174 Å². The molecule has 9 nitrogen and oxygen atoms in total. The molecule has 0 saturated heterocycles. The number of hydrogen-bond acceptors (Lipinski definition) is 6. The number of carbonyl (C=O) groups is 3. The number of carbonyl (C=O) groups excluding carboxylic acids is 3. The second-order valence-electron chi connectivity index (χ2n) is 7.87. The molecule has 0 unspecified atom stereocenters. The van der Waals surface area contributed by atoms with Gasteiger partial charge in [0.1, 0.15) is 0 Å². The van der Waals surface area contributed by atoms with Crippen LogP contribution in [0.1, 0.15) is 37.0 Å². The summed E-state index contributed by atoms with van der Waals surface area (Å²) < 4.78 is 6.41. The number of benzene rings is 1. The van der Waals surface area contributed by atoms with E-state index < -0.39 is 35.1 Å². The van der Waals surface area contributed by atoms with Gasteiger partial charge >= 0.3 is 5.97 Å². The van der Waals surface area contributed by atoms with Gasteiger partial charge in [-0.2, -0.15) is 5.10 Å². The molecule has 2 rings (SSSR count). The number of ether oxygens (including phenoxy) is 1. The zero-order valence-corrected chi connectivity index (χ0v) is 17.8. The number of nitrogens with one attached hydrogen (secondary N) is 1. The Morgan fingerprint density at radius 2 is 1.80 bits per heavy atom. The minimum absolute atomic E-state index is 0.183. The smallest absolute Gasteiger partial charge is 0.363 e. The van der Waals surface area contributed by atoms with Crippen LogP contribution in [-0.2, 0) is 14.3 Å². The Bertz CT molecular complexity index is 993. The number of esters is 1. The van der Waals surface area contributed by atoms with Crippen molar-refractivity contribution in [2.75, 3.05) is 20.2 Å². The lowest BCUT2D eigenvalue weighted by atomic mass is 10.1. The van der Waals surface area contributed by atoms with Crippen LogP contribution in [0.4, 0.5) is 0 Å². The lowest BCUT2D eigenvalue weighted by Crippen LogP contribution is -2.47. The Kier molecular flexibility index (Phi) is 7.10. The third-order valence-corrected chi connectivity index (χ3v) is 3.95. The minimum atomic E-state index is -1.01. The molecule has 0 atom stereocenters. The zero-order valence-electron chi connectivity index (χ0n) is 17.8. The van der Waals surface area contributed by atoms with Crippen molar-refractivity contribution < 1.29 is 19.1 Å². The Balaban J connectivity index is 2.05. The van der Waals surface area contributed by atoms with Gasteiger partial charge in [0.2, 0.25) is 17.0 Å².